The summed E-state index contributed by atoms with van der Waals surface area (Å²) in [4.78, 5) is 29.1. The first-order valence-corrected chi connectivity index (χ1v) is 10.4. The van der Waals surface area contributed by atoms with Crippen LogP contribution >= 0.6 is 0 Å². The van der Waals surface area contributed by atoms with Gasteiger partial charge in [0.1, 0.15) is 11.6 Å². The number of nitrogens with zero attached hydrogens (tertiary/aromatic N) is 3. The van der Waals surface area contributed by atoms with Crippen molar-refractivity contribution in [3.05, 3.63) is 41.6 Å². The van der Waals surface area contributed by atoms with E-state index in [-0.39, 0.29) is 29.0 Å². The van der Waals surface area contributed by atoms with Crippen molar-refractivity contribution in [2.24, 2.45) is 5.92 Å². The Morgan fingerprint density at radius 1 is 1.28 bits per heavy atom. The molecule has 1 aliphatic heterocycles. The van der Waals surface area contributed by atoms with Gasteiger partial charge in [-0.05, 0) is 32.4 Å². The van der Waals surface area contributed by atoms with Crippen LogP contribution < -0.4 is 5.32 Å². The molecule has 8 nitrogen and oxygen atoms in total. The van der Waals surface area contributed by atoms with Crippen molar-refractivity contribution in [2.45, 2.75) is 38.5 Å². The predicted octanol–water partition coefficient (Wildman–Crippen LogP) is 1.90. The van der Waals surface area contributed by atoms with Crippen LogP contribution in [0.15, 0.2) is 28.8 Å². The van der Waals surface area contributed by atoms with Gasteiger partial charge in [-0.25, -0.2) is 8.78 Å². The molecule has 0 radical (unpaired) electrons. The number of hydrogen-bond acceptors (Lipinski definition) is 6. The van der Waals surface area contributed by atoms with Crippen LogP contribution in [-0.4, -0.2) is 77.2 Å². The second-order valence-electron chi connectivity index (χ2n) is 8.38. The first kappa shape index (κ1) is 23.8. The minimum absolute atomic E-state index is 0.00542. The van der Waals surface area contributed by atoms with Gasteiger partial charge in [-0.1, -0.05) is 5.16 Å². The minimum Gasteiger partial charge on any atom is -0.392 e. The van der Waals surface area contributed by atoms with Gasteiger partial charge < -0.3 is 19.8 Å². The average Bonchev–Trinajstić information content (AvgIpc) is 3.22. The maximum absolute atomic E-state index is 14.0. The number of rotatable bonds is 6. The smallest absolute Gasteiger partial charge is 0.273 e. The number of likely N-dealkylation sites (tertiary alicyclic amines) is 1. The van der Waals surface area contributed by atoms with Crippen LogP contribution in [0.1, 0.15) is 30.8 Å². The molecule has 3 rings (SSSR count). The molecule has 1 fully saturated rings. The van der Waals surface area contributed by atoms with E-state index in [4.69, 9.17) is 4.52 Å². The normalized spacial score (nSPS) is 21.1. The van der Waals surface area contributed by atoms with Gasteiger partial charge in [0.15, 0.2) is 11.5 Å². The number of benzene rings is 1. The van der Waals surface area contributed by atoms with E-state index in [1.165, 1.54) is 17.0 Å². The number of carbonyl (C=O) groups excluding carboxylic acids is 2. The summed E-state index contributed by atoms with van der Waals surface area (Å²) in [6.07, 6.45) is -0.0543. The highest BCUT2D eigenvalue weighted by molar-refractivity contribution is 5.94. The van der Waals surface area contributed by atoms with Crippen LogP contribution in [0, 0.1) is 17.6 Å². The van der Waals surface area contributed by atoms with E-state index in [0.717, 1.165) is 12.1 Å². The van der Waals surface area contributed by atoms with Crippen LogP contribution in [0.3, 0.4) is 0 Å². The lowest BCUT2D eigenvalue weighted by molar-refractivity contribution is -0.136. The van der Waals surface area contributed by atoms with Crippen molar-refractivity contribution < 1.29 is 28.0 Å². The van der Waals surface area contributed by atoms with E-state index >= 15 is 0 Å². The third-order valence-electron chi connectivity index (χ3n) is 5.93. The fraction of sp³-hybridized carbons (Fsp3) is 0.500. The van der Waals surface area contributed by atoms with Crippen LogP contribution in [0.4, 0.5) is 8.78 Å². The number of aliphatic hydroxyl groups is 1. The molecule has 1 aliphatic rings. The van der Waals surface area contributed by atoms with Crippen molar-refractivity contribution in [1.29, 1.82) is 0 Å². The van der Waals surface area contributed by atoms with Crippen molar-refractivity contribution in [3.8, 4) is 11.3 Å². The molecule has 1 aromatic heterocycles. The molecule has 0 bridgehead atoms. The average molecular weight is 450 g/mol. The molecule has 0 aliphatic carbocycles. The van der Waals surface area contributed by atoms with Crippen LogP contribution in [0.25, 0.3) is 11.3 Å². The molecule has 2 heterocycles. The Morgan fingerprint density at radius 3 is 2.62 bits per heavy atom. The zero-order valence-corrected chi connectivity index (χ0v) is 18.5. The second kappa shape index (κ2) is 9.74. The molecular formula is C22H28F2N4O4. The highest BCUT2D eigenvalue weighted by atomic mass is 19.1. The molecule has 1 saturated heterocycles. The molecule has 32 heavy (non-hydrogen) atoms. The maximum atomic E-state index is 14.0. The lowest BCUT2D eigenvalue weighted by Crippen LogP contribution is -2.58. The number of halogens is 2. The van der Waals surface area contributed by atoms with Gasteiger partial charge in [-0.15, -0.1) is 0 Å². The van der Waals surface area contributed by atoms with Gasteiger partial charge in [-0.3, -0.25) is 14.5 Å². The number of hydrogen-bond donors (Lipinski definition) is 2. The Balaban J connectivity index is 1.75. The monoisotopic (exact) mass is 450 g/mol. The zero-order valence-electron chi connectivity index (χ0n) is 18.5. The number of nitrogens with one attached hydrogen (secondary N) is 1. The molecular weight excluding hydrogens is 422 g/mol. The summed E-state index contributed by atoms with van der Waals surface area (Å²) < 4.78 is 32.2. The molecule has 10 heteroatoms. The lowest BCUT2D eigenvalue weighted by atomic mass is 9.89. The van der Waals surface area contributed by atoms with Crippen molar-refractivity contribution in [2.75, 3.05) is 27.2 Å². The Morgan fingerprint density at radius 2 is 2.00 bits per heavy atom. The summed E-state index contributed by atoms with van der Waals surface area (Å²) in [5.41, 5.74) is -0.0846. The van der Waals surface area contributed by atoms with Gasteiger partial charge in [0.05, 0.1) is 17.6 Å². The molecule has 2 N–H and O–H groups in total. The topological polar surface area (TPSA) is 98.9 Å². The first-order chi connectivity index (χ1) is 15.1. The molecule has 174 valence electrons. The molecule has 0 saturated carbocycles. The van der Waals surface area contributed by atoms with Crippen molar-refractivity contribution in [1.82, 2.24) is 20.3 Å². The van der Waals surface area contributed by atoms with Crippen molar-refractivity contribution >= 4 is 11.8 Å². The van der Waals surface area contributed by atoms with E-state index in [1.54, 1.807) is 21.0 Å². The largest absolute Gasteiger partial charge is 0.392 e. The summed E-state index contributed by atoms with van der Waals surface area (Å²) in [6.45, 7) is 4.58. The molecule has 0 spiro atoms. The summed E-state index contributed by atoms with van der Waals surface area (Å²) in [5.74, 6) is -2.76. The zero-order chi connectivity index (χ0) is 23.6. The van der Waals surface area contributed by atoms with Crippen molar-refractivity contribution in [3.63, 3.8) is 0 Å². The Bertz CT molecular complexity index is 979. The van der Waals surface area contributed by atoms with Gasteiger partial charge in [0.25, 0.3) is 5.91 Å². The van der Waals surface area contributed by atoms with Crippen LogP contribution in [-0.2, 0) is 4.79 Å². The fourth-order valence-electron chi connectivity index (χ4n) is 3.85. The molecule has 2 unspecified atom stereocenters. The van der Waals surface area contributed by atoms with Crippen LogP contribution in [0.5, 0.6) is 0 Å². The minimum atomic E-state index is -0.829. The van der Waals surface area contributed by atoms with Gasteiger partial charge in [0.2, 0.25) is 5.91 Å². The summed E-state index contributed by atoms with van der Waals surface area (Å²) in [5, 5.41) is 16.5. The Labute approximate surface area is 185 Å². The number of aliphatic hydroxyl groups excluding tert-OH is 1. The van der Waals surface area contributed by atoms with Gasteiger partial charge in [-0.2, -0.15) is 0 Å². The standard InChI is InChI=1S/C22H28F2N4O4/c1-12(13(2)29)28-8-7-18(16(11-28)22(31)27(3)4)25-21(30)19-10-20(32-26-19)15-6-5-14(23)9-17(15)24/h5-6,9-10,12-13,16,18,29H,7-8,11H2,1-4H3,(H,25,30)/t12?,13?,16-,18-/m1/s1. The lowest BCUT2D eigenvalue weighted by Gasteiger charge is -2.42. The summed E-state index contributed by atoms with van der Waals surface area (Å²) in [7, 11) is 3.30. The Hall–Kier alpha value is -2.85. The van der Waals surface area contributed by atoms with E-state index in [1.807, 2.05) is 11.8 Å². The third kappa shape index (κ3) is 5.13. The van der Waals surface area contributed by atoms with E-state index < -0.39 is 35.6 Å². The molecule has 1 aromatic carbocycles. The summed E-state index contributed by atoms with van der Waals surface area (Å²) in [6, 6.07) is 3.71. The number of carbonyl (C=O) groups is 2. The fourth-order valence-corrected chi connectivity index (χ4v) is 3.85. The maximum Gasteiger partial charge on any atom is 0.273 e. The predicted molar refractivity (Wildman–Crippen MR) is 113 cm³/mol. The molecule has 4 atom stereocenters. The quantitative estimate of drug-likeness (QED) is 0.698. The second-order valence-corrected chi connectivity index (χ2v) is 8.38. The number of amides is 2. The van der Waals surface area contributed by atoms with E-state index in [9.17, 15) is 23.5 Å². The van der Waals surface area contributed by atoms with E-state index in [0.29, 0.717) is 19.5 Å². The van der Waals surface area contributed by atoms with E-state index in [2.05, 4.69) is 10.5 Å². The highest BCUT2D eigenvalue weighted by Crippen LogP contribution is 2.25. The third-order valence-corrected chi connectivity index (χ3v) is 5.93. The van der Waals surface area contributed by atoms with Gasteiger partial charge >= 0.3 is 0 Å². The molecule has 2 amide bonds. The first-order valence-electron chi connectivity index (χ1n) is 10.4. The van der Waals surface area contributed by atoms with Gasteiger partial charge in [0, 0.05) is 51.4 Å². The number of aromatic nitrogens is 1. The SMILES string of the molecule is CC(O)C(C)N1CC[C@@H](NC(=O)c2cc(-c3ccc(F)cc3F)on2)[C@H](C(=O)N(C)C)C1. The number of piperidine rings is 1. The summed E-state index contributed by atoms with van der Waals surface area (Å²) >= 11 is 0. The Kier molecular flexibility index (Phi) is 7.25. The molecule has 2 aromatic rings. The highest BCUT2D eigenvalue weighted by Gasteiger charge is 2.38. The van der Waals surface area contributed by atoms with Crippen LogP contribution in [0.2, 0.25) is 0 Å².